The van der Waals surface area contributed by atoms with Crippen LogP contribution in [0.1, 0.15) is 12.0 Å². The number of aryl methyl sites for hydroxylation is 1. The summed E-state index contributed by atoms with van der Waals surface area (Å²) in [4.78, 5) is 23.9. The van der Waals surface area contributed by atoms with Gasteiger partial charge in [-0.15, -0.1) is 0 Å². The lowest BCUT2D eigenvalue weighted by atomic mass is 9.82. The van der Waals surface area contributed by atoms with Gasteiger partial charge in [-0.1, -0.05) is 30.4 Å². The normalized spacial score (nSPS) is 30.4. The molecule has 2 N–H and O–H groups in total. The number of carbonyl (C=O) groups is 2. The van der Waals surface area contributed by atoms with Gasteiger partial charge in [0.05, 0.1) is 11.8 Å². The third kappa shape index (κ3) is 2.01. The monoisotopic (exact) mass is 271 g/mol. The molecule has 1 amide bonds. The molecule has 1 aromatic carbocycles. The number of carboxylic acid groups (broad SMARTS) is 1. The highest BCUT2D eigenvalue weighted by atomic mass is 16.4. The summed E-state index contributed by atoms with van der Waals surface area (Å²) in [5.74, 6) is -2.03. The molecule has 1 fully saturated rings. The summed E-state index contributed by atoms with van der Waals surface area (Å²) in [6, 6.07) is 7.53. The van der Waals surface area contributed by atoms with E-state index in [0.717, 1.165) is 17.7 Å². The van der Waals surface area contributed by atoms with E-state index in [0.29, 0.717) is 0 Å². The van der Waals surface area contributed by atoms with E-state index in [2.05, 4.69) is 5.32 Å². The van der Waals surface area contributed by atoms with Crippen LogP contribution in [-0.4, -0.2) is 17.0 Å². The topological polar surface area (TPSA) is 66.4 Å². The summed E-state index contributed by atoms with van der Waals surface area (Å²) < 4.78 is 0. The molecule has 0 unspecified atom stereocenters. The molecular formula is C16H17NO3. The molecule has 4 atom stereocenters. The van der Waals surface area contributed by atoms with E-state index in [4.69, 9.17) is 0 Å². The number of amides is 1. The number of rotatable bonds is 3. The fraction of sp³-hybridized carbons (Fsp3) is 0.375. The van der Waals surface area contributed by atoms with E-state index in [-0.39, 0.29) is 17.7 Å². The highest BCUT2D eigenvalue weighted by molar-refractivity contribution is 5.96. The number of aliphatic carboxylic acids is 1. The van der Waals surface area contributed by atoms with Crippen LogP contribution in [-0.2, 0) is 9.59 Å². The van der Waals surface area contributed by atoms with Crippen molar-refractivity contribution in [3.63, 3.8) is 0 Å². The van der Waals surface area contributed by atoms with Crippen LogP contribution in [0.2, 0.25) is 0 Å². The zero-order valence-electron chi connectivity index (χ0n) is 11.2. The summed E-state index contributed by atoms with van der Waals surface area (Å²) >= 11 is 0. The Morgan fingerprint density at radius 2 is 1.80 bits per heavy atom. The van der Waals surface area contributed by atoms with Crippen LogP contribution in [0, 0.1) is 30.6 Å². The maximum atomic E-state index is 12.5. The molecule has 0 heterocycles. The molecule has 20 heavy (non-hydrogen) atoms. The molecule has 1 aromatic rings. The van der Waals surface area contributed by atoms with Crippen LogP contribution >= 0.6 is 0 Å². The lowest BCUT2D eigenvalue weighted by Gasteiger charge is -2.24. The van der Waals surface area contributed by atoms with Gasteiger partial charge in [-0.3, -0.25) is 9.59 Å². The Labute approximate surface area is 117 Å². The lowest BCUT2D eigenvalue weighted by Crippen LogP contribution is -2.36. The minimum absolute atomic E-state index is 0.00474. The van der Waals surface area contributed by atoms with Crippen molar-refractivity contribution in [2.75, 3.05) is 5.32 Å². The van der Waals surface area contributed by atoms with Crippen LogP contribution in [0.5, 0.6) is 0 Å². The van der Waals surface area contributed by atoms with Crippen molar-refractivity contribution in [1.29, 1.82) is 0 Å². The smallest absolute Gasteiger partial charge is 0.307 e. The SMILES string of the molecule is Cc1ccccc1NC(=O)[C@H]1[C@H](C(=O)O)[C@@H]2C=C[C@H]1C2. The number of fused-ring (bicyclic) bond motifs is 2. The number of hydrogen-bond acceptors (Lipinski definition) is 2. The molecule has 0 radical (unpaired) electrons. The van der Waals surface area contributed by atoms with Gasteiger partial charge in [-0.25, -0.2) is 0 Å². The molecule has 104 valence electrons. The summed E-state index contributed by atoms with van der Waals surface area (Å²) in [6.07, 6.45) is 4.72. The summed E-state index contributed by atoms with van der Waals surface area (Å²) in [5.41, 5.74) is 1.74. The number of carbonyl (C=O) groups excluding carboxylic acids is 1. The average molecular weight is 271 g/mol. The van der Waals surface area contributed by atoms with Gasteiger partial charge in [-0.05, 0) is 36.8 Å². The van der Waals surface area contributed by atoms with Crippen LogP contribution in [0.3, 0.4) is 0 Å². The van der Waals surface area contributed by atoms with Crippen molar-refractivity contribution in [2.45, 2.75) is 13.3 Å². The minimum Gasteiger partial charge on any atom is -0.481 e. The zero-order chi connectivity index (χ0) is 14.3. The lowest BCUT2D eigenvalue weighted by molar-refractivity contribution is -0.146. The Bertz CT molecular complexity index is 593. The molecule has 4 nitrogen and oxygen atoms in total. The fourth-order valence-electron chi connectivity index (χ4n) is 3.45. The molecular weight excluding hydrogens is 254 g/mol. The van der Waals surface area contributed by atoms with Crippen LogP contribution in [0.15, 0.2) is 36.4 Å². The third-order valence-corrected chi connectivity index (χ3v) is 4.45. The van der Waals surface area contributed by atoms with Gasteiger partial charge in [0.15, 0.2) is 0 Å². The Kier molecular flexibility index (Phi) is 3.08. The molecule has 3 rings (SSSR count). The van der Waals surface area contributed by atoms with Crippen molar-refractivity contribution in [2.24, 2.45) is 23.7 Å². The standard InChI is InChI=1S/C16H17NO3/c1-9-4-2-3-5-12(9)17-15(18)13-10-6-7-11(8-10)14(13)16(19)20/h2-7,10-11,13-14H,8H2,1H3,(H,17,18)(H,19,20)/t10-,11+,13+,14+/m0/s1. The van der Waals surface area contributed by atoms with E-state index in [1.807, 2.05) is 43.3 Å². The molecule has 1 saturated carbocycles. The van der Waals surface area contributed by atoms with Crippen molar-refractivity contribution < 1.29 is 14.7 Å². The fourth-order valence-corrected chi connectivity index (χ4v) is 3.45. The Hall–Kier alpha value is -2.10. The Balaban J connectivity index is 1.82. The molecule has 0 spiro atoms. The van der Waals surface area contributed by atoms with Gasteiger partial charge >= 0.3 is 5.97 Å². The minimum atomic E-state index is -0.869. The van der Waals surface area contributed by atoms with Gasteiger partial charge in [-0.2, -0.15) is 0 Å². The van der Waals surface area contributed by atoms with Crippen LogP contribution < -0.4 is 5.32 Å². The van der Waals surface area contributed by atoms with Crippen molar-refractivity contribution in [1.82, 2.24) is 0 Å². The molecule has 4 heteroatoms. The molecule has 0 saturated heterocycles. The number of benzene rings is 1. The quantitative estimate of drug-likeness (QED) is 0.830. The summed E-state index contributed by atoms with van der Waals surface area (Å²) in [6.45, 7) is 1.92. The van der Waals surface area contributed by atoms with Gasteiger partial charge in [0, 0.05) is 5.69 Å². The Morgan fingerprint density at radius 1 is 1.15 bits per heavy atom. The number of para-hydroxylation sites is 1. The second kappa shape index (κ2) is 4.78. The second-order valence-corrected chi connectivity index (χ2v) is 5.64. The first-order valence-corrected chi connectivity index (χ1v) is 6.85. The Morgan fingerprint density at radius 3 is 2.45 bits per heavy atom. The largest absolute Gasteiger partial charge is 0.481 e. The molecule has 2 aliphatic carbocycles. The number of hydrogen-bond donors (Lipinski definition) is 2. The highest BCUT2D eigenvalue weighted by Crippen LogP contribution is 2.48. The van der Waals surface area contributed by atoms with E-state index in [1.165, 1.54) is 0 Å². The van der Waals surface area contributed by atoms with E-state index in [1.54, 1.807) is 0 Å². The third-order valence-electron chi connectivity index (χ3n) is 4.45. The molecule has 0 aromatic heterocycles. The first-order valence-electron chi connectivity index (χ1n) is 6.85. The molecule has 2 aliphatic rings. The number of allylic oxidation sites excluding steroid dienone is 2. The van der Waals surface area contributed by atoms with Crippen LogP contribution in [0.4, 0.5) is 5.69 Å². The number of anilines is 1. The summed E-state index contributed by atoms with van der Waals surface area (Å²) in [5, 5.41) is 12.2. The maximum Gasteiger partial charge on any atom is 0.307 e. The number of nitrogens with one attached hydrogen (secondary N) is 1. The highest BCUT2D eigenvalue weighted by Gasteiger charge is 2.51. The van der Waals surface area contributed by atoms with Crippen molar-refractivity contribution in [3.8, 4) is 0 Å². The van der Waals surface area contributed by atoms with E-state index >= 15 is 0 Å². The predicted molar refractivity (Wildman–Crippen MR) is 75.2 cm³/mol. The van der Waals surface area contributed by atoms with Crippen molar-refractivity contribution in [3.05, 3.63) is 42.0 Å². The molecule has 0 aliphatic heterocycles. The predicted octanol–water partition coefficient (Wildman–Crippen LogP) is 2.46. The van der Waals surface area contributed by atoms with Gasteiger partial charge in [0.1, 0.15) is 0 Å². The summed E-state index contributed by atoms with van der Waals surface area (Å²) in [7, 11) is 0. The van der Waals surface area contributed by atoms with Gasteiger partial charge < -0.3 is 10.4 Å². The first kappa shape index (κ1) is 12.9. The number of carboxylic acids is 1. The van der Waals surface area contributed by atoms with E-state index < -0.39 is 17.8 Å². The second-order valence-electron chi connectivity index (χ2n) is 5.64. The van der Waals surface area contributed by atoms with Gasteiger partial charge in [0.2, 0.25) is 5.91 Å². The van der Waals surface area contributed by atoms with E-state index in [9.17, 15) is 14.7 Å². The average Bonchev–Trinajstić information content (AvgIpc) is 3.01. The first-order chi connectivity index (χ1) is 9.58. The maximum absolute atomic E-state index is 12.5. The molecule has 2 bridgehead atoms. The van der Waals surface area contributed by atoms with Gasteiger partial charge in [0.25, 0.3) is 0 Å². The van der Waals surface area contributed by atoms with Crippen LogP contribution in [0.25, 0.3) is 0 Å². The van der Waals surface area contributed by atoms with Crippen molar-refractivity contribution >= 4 is 17.6 Å². The zero-order valence-corrected chi connectivity index (χ0v) is 11.2.